The Hall–Kier alpha value is -2.85. The molecule has 3 aromatic carbocycles. The molecule has 0 saturated carbocycles. The highest BCUT2D eigenvalue weighted by molar-refractivity contribution is 6.30. The number of nitrogens with one attached hydrogen (secondary N) is 1. The molecule has 120 valence electrons. The zero-order valence-corrected chi connectivity index (χ0v) is 13.7. The van der Waals surface area contributed by atoms with E-state index in [9.17, 15) is 9.90 Å². The normalized spacial score (nSPS) is 11.5. The minimum Gasteiger partial charge on any atom is -0.507 e. The third-order valence-corrected chi connectivity index (χ3v) is 3.95. The van der Waals surface area contributed by atoms with Crippen LogP contribution in [0.4, 0.5) is 0 Å². The molecular formula is C19H15ClN2O2. The number of nitrogens with zero attached hydrogens (tertiary/aromatic N) is 1. The second-order valence-corrected chi connectivity index (χ2v) is 5.80. The Morgan fingerprint density at radius 3 is 2.33 bits per heavy atom. The van der Waals surface area contributed by atoms with Gasteiger partial charge in [-0.3, -0.25) is 4.79 Å². The van der Waals surface area contributed by atoms with Crippen LogP contribution in [-0.2, 0) is 0 Å². The number of carbonyl (C=O) groups is 1. The lowest BCUT2D eigenvalue weighted by Gasteiger charge is -2.07. The number of hydrogen-bond donors (Lipinski definition) is 2. The molecule has 24 heavy (non-hydrogen) atoms. The van der Waals surface area contributed by atoms with Crippen LogP contribution in [0.2, 0.25) is 5.02 Å². The molecule has 0 aliphatic carbocycles. The molecule has 0 aliphatic rings. The average Bonchev–Trinajstić information content (AvgIpc) is 2.59. The first kappa shape index (κ1) is 16.0. The predicted molar refractivity (Wildman–Crippen MR) is 96.7 cm³/mol. The standard InChI is InChI=1S/C19H15ClN2O2/c1-12(13-6-8-16(20)9-7-13)21-22-19(24)17-10-14-4-2-3-5-15(14)11-18(17)23/h2-11,23H,1H3,(H,22,24). The molecule has 0 atom stereocenters. The molecular weight excluding hydrogens is 324 g/mol. The fraction of sp³-hybridized carbons (Fsp3) is 0.0526. The lowest BCUT2D eigenvalue weighted by Crippen LogP contribution is -2.19. The van der Waals surface area contributed by atoms with E-state index in [0.29, 0.717) is 10.7 Å². The van der Waals surface area contributed by atoms with Gasteiger partial charge in [0.15, 0.2) is 0 Å². The molecule has 3 aromatic rings. The van der Waals surface area contributed by atoms with Crippen LogP contribution in [0.25, 0.3) is 10.8 Å². The van der Waals surface area contributed by atoms with Crippen molar-refractivity contribution in [2.24, 2.45) is 5.10 Å². The Morgan fingerprint density at radius 1 is 1.04 bits per heavy atom. The third kappa shape index (κ3) is 3.39. The van der Waals surface area contributed by atoms with Crippen LogP contribution in [0.3, 0.4) is 0 Å². The minimum absolute atomic E-state index is 0.0782. The summed E-state index contributed by atoms with van der Waals surface area (Å²) >= 11 is 5.85. The fourth-order valence-electron chi connectivity index (χ4n) is 2.36. The molecule has 0 fully saturated rings. The number of hydrogen-bond acceptors (Lipinski definition) is 3. The van der Waals surface area contributed by atoms with Crippen molar-refractivity contribution in [2.75, 3.05) is 0 Å². The number of fused-ring (bicyclic) bond motifs is 1. The van der Waals surface area contributed by atoms with E-state index in [2.05, 4.69) is 10.5 Å². The van der Waals surface area contributed by atoms with E-state index in [1.165, 1.54) is 0 Å². The molecule has 0 heterocycles. The summed E-state index contributed by atoms with van der Waals surface area (Å²) < 4.78 is 0. The van der Waals surface area contributed by atoms with E-state index < -0.39 is 5.91 Å². The summed E-state index contributed by atoms with van der Waals surface area (Å²) in [6.45, 7) is 1.78. The first-order valence-corrected chi connectivity index (χ1v) is 7.75. The molecule has 5 heteroatoms. The molecule has 0 saturated heterocycles. The zero-order chi connectivity index (χ0) is 17.1. The summed E-state index contributed by atoms with van der Waals surface area (Å²) in [7, 11) is 0. The van der Waals surface area contributed by atoms with Crippen LogP contribution in [0, 0.1) is 0 Å². The summed E-state index contributed by atoms with van der Waals surface area (Å²) in [5.74, 6) is -0.544. The quantitative estimate of drug-likeness (QED) is 0.551. The van der Waals surface area contributed by atoms with Crippen molar-refractivity contribution in [1.29, 1.82) is 0 Å². The van der Waals surface area contributed by atoms with Crippen LogP contribution >= 0.6 is 11.6 Å². The molecule has 0 aliphatic heterocycles. The Morgan fingerprint density at radius 2 is 1.67 bits per heavy atom. The molecule has 2 N–H and O–H groups in total. The fourth-order valence-corrected chi connectivity index (χ4v) is 2.49. The van der Waals surface area contributed by atoms with Crippen LogP contribution in [0.5, 0.6) is 5.75 Å². The number of phenols is 1. The highest BCUT2D eigenvalue weighted by atomic mass is 35.5. The van der Waals surface area contributed by atoms with Crippen LogP contribution in [0.15, 0.2) is 65.8 Å². The van der Waals surface area contributed by atoms with Gasteiger partial charge in [0.25, 0.3) is 5.91 Å². The number of halogens is 1. The van der Waals surface area contributed by atoms with E-state index in [1.54, 1.807) is 31.2 Å². The number of rotatable bonds is 3. The Kier molecular flexibility index (Phi) is 4.49. The maximum absolute atomic E-state index is 12.3. The number of amides is 1. The molecule has 0 spiro atoms. The largest absolute Gasteiger partial charge is 0.507 e. The van der Waals surface area contributed by atoms with Crippen LogP contribution in [0.1, 0.15) is 22.8 Å². The van der Waals surface area contributed by atoms with Crippen LogP contribution in [-0.4, -0.2) is 16.7 Å². The number of benzene rings is 3. The van der Waals surface area contributed by atoms with Gasteiger partial charge in [0.05, 0.1) is 11.3 Å². The first-order valence-electron chi connectivity index (χ1n) is 7.37. The van der Waals surface area contributed by atoms with Crippen molar-refractivity contribution in [3.05, 3.63) is 76.8 Å². The number of hydrazone groups is 1. The number of carbonyl (C=O) groups excluding carboxylic acids is 1. The van der Waals surface area contributed by atoms with Gasteiger partial charge in [-0.05, 0) is 47.5 Å². The SMILES string of the molecule is CC(=NNC(=O)c1cc2ccccc2cc1O)c1ccc(Cl)cc1. The third-order valence-electron chi connectivity index (χ3n) is 3.70. The predicted octanol–water partition coefficient (Wildman–Crippen LogP) is 4.35. The Bertz CT molecular complexity index is 934. The van der Waals surface area contributed by atoms with Gasteiger partial charge in [0.1, 0.15) is 5.75 Å². The maximum atomic E-state index is 12.3. The molecule has 0 aromatic heterocycles. The molecule has 0 radical (unpaired) electrons. The van der Waals surface area contributed by atoms with Crippen molar-refractivity contribution in [2.45, 2.75) is 6.92 Å². The molecule has 4 nitrogen and oxygen atoms in total. The van der Waals surface area contributed by atoms with E-state index in [4.69, 9.17) is 11.6 Å². The van der Waals surface area contributed by atoms with Crippen molar-refractivity contribution in [3.63, 3.8) is 0 Å². The molecule has 3 rings (SSSR count). The summed E-state index contributed by atoms with van der Waals surface area (Å²) in [5, 5.41) is 16.5. The monoisotopic (exact) mass is 338 g/mol. The van der Waals surface area contributed by atoms with Gasteiger partial charge in [0.2, 0.25) is 0 Å². The van der Waals surface area contributed by atoms with E-state index in [-0.39, 0.29) is 11.3 Å². The highest BCUT2D eigenvalue weighted by Gasteiger charge is 2.12. The average molecular weight is 339 g/mol. The number of aromatic hydroxyl groups is 1. The highest BCUT2D eigenvalue weighted by Crippen LogP contribution is 2.24. The molecule has 0 unspecified atom stereocenters. The second kappa shape index (κ2) is 6.72. The van der Waals surface area contributed by atoms with Gasteiger partial charge < -0.3 is 5.11 Å². The smallest absolute Gasteiger partial charge is 0.275 e. The molecule has 1 amide bonds. The summed E-state index contributed by atoms with van der Waals surface area (Å²) in [5.41, 5.74) is 4.14. The van der Waals surface area contributed by atoms with E-state index in [0.717, 1.165) is 16.3 Å². The van der Waals surface area contributed by atoms with Gasteiger partial charge in [-0.25, -0.2) is 5.43 Å². The minimum atomic E-state index is -0.466. The van der Waals surface area contributed by atoms with Gasteiger partial charge in [-0.15, -0.1) is 0 Å². The lowest BCUT2D eigenvalue weighted by atomic mass is 10.1. The second-order valence-electron chi connectivity index (χ2n) is 5.36. The number of phenolic OH excluding ortho intramolecular Hbond substituents is 1. The summed E-state index contributed by atoms with van der Waals surface area (Å²) in [4.78, 5) is 12.3. The summed E-state index contributed by atoms with van der Waals surface area (Å²) in [6, 6.07) is 17.9. The Balaban J connectivity index is 1.83. The molecule has 0 bridgehead atoms. The topological polar surface area (TPSA) is 61.7 Å². The zero-order valence-electron chi connectivity index (χ0n) is 13.0. The maximum Gasteiger partial charge on any atom is 0.275 e. The van der Waals surface area contributed by atoms with Gasteiger partial charge >= 0.3 is 0 Å². The van der Waals surface area contributed by atoms with E-state index >= 15 is 0 Å². The van der Waals surface area contributed by atoms with Crippen molar-refractivity contribution < 1.29 is 9.90 Å². The van der Waals surface area contributed by atoms with Gasteiger partial charge in [-0.1, -0.05) is 48.0 Å². The van der Waals surface area contributed by atoms with Gasteiger partial charge in [0, 0.05) is 5.02 Å². The lowest BCUT2D eigenvalue weighted by molar-refractivity contribution is 0.0952. The van der Waals surface area contributed by atoms with Crippen LogP contribution < -0.4 is 5.43 Å². The summed E-state index contributed by atoms with van der Waals surface area (Å²) in [6.07, 6.45) is 0. The van der Waals surface area contributed by atoms with Crippen molar-refractivity contribution in [1.82, 2.24) is 5.43 Å². The van der Waals surface area contributed by atoms with Crippen molar-refractivity contribution in [3.8, 4) is 5.75 Å². The van der Waals surface area contributed by atoms with Crippen molar-refractivity contribution >= 4 is 34.0 Å². The van der Waals surface area contributed by atoms with Gasteiger partial charge in [-0.2, -0.15) is 5.10 Å². The Labute approximate surface area is 144 Å². The first-order chi connectivity index (χ1) is 11.5. The van der Waals surface area contributed by atoms with E-state index in [1.807, 2.05) is 36.4 Å².